The van der Waals surface area contributed by atoms with Crippen LogP contribution in [-0.2, 0) is 0 Å². The van der Waals surface area contributed by atoms with Crippen molar-refractivity contribution in [2.24, 2.45) is 0 Å². The fourth-order valence-corrected chi connectivity index (χ4v) is 1.05. The molecule has 0 bridgehead atoms. The van der Waals surface area contributed by atoms with Gasteiger partial charge in [-0.3, -0.25) is 15.5 Å². The Kier molecular flexibility index (Phi) is 3.24. The van der Waals surface area contributed by atoms with Crippen LogP contribution in [0.4, 0.5) is 16.2 Å². The van der Waals surface area contributed by atoms with Gasteiger partial charge in [0.25, 0.3) is 0 Å². The number of rotatable bonds is 3. The molecule has 0 aliphatic carbocycles. The zero-order valence-electron chi connectivity index (χ0n) is 7.10. The minimum atomic E-state index is -1.38. The average Bonchev–Trinajstić information content (AvgIpc) is 2.13. The van der Waals surface area contributed by atoms with Gasteiger partial charge in [0.2, 0.25) is 5.15 Å². The number of aromatic nitrogens is 1. The molecule has 0 fully saturated rings. The number of pyridine rings is 1. The Hall–Kier alpha value is -2.09. The first kappa shape index (κ1) is 11.0. The third-order valence-electron chi connectivity index (χ3n) is 1.37. The monoisotopic (exact) mass is 232 g/mol. The standard InChI is InChI=1S/C6H5ClN4O4/c7-5-4(11(14)15)3(1-2-8-5)9-10-6(12)13/h1-2,10H,(H,8,9)(H,12,13). The predicted octanol–water partition coefficient (Wildman–Crippen LogP) is 1.24. The minimum Gasteiger partial charge on any atom is -0.464 e. The van der Waals surface area contributed by atoms with Crippen LogP contribution in [0.15, 0.2) is 12.3 Å². The first-order valence-corrected chi connectivity index (χ1v) is 3.94. The van der Waals surface area contributed by atoms with E-state index >= 15 is 0 Å². The van der Waals surface area contributed by atoms with Crippen molar-refractivity contribution < 1.29 is 14.8 Å². The lowest BCUT2D eigenvalue weighted by atomic mass is 10.3. The van der Waals surface area contributed by atoms with Crippen LogP contribution >= 0.6 is 11.6 Å². The van der Waals surface area contributed by atoms with E-state index in [9.17, 15) is 14.9 Å². The zero-order chi connectivity index (χ0) is 11.4. The number of carboxylic acid groups (broad SMARTS) is 1. The lowest BCUT2D eigenvalue weighted by Gasteiger charge is -2.05. The van der Waals surface area contributed by atoms with Gasteiger partial charge in [0, 0.05) is 6.20 Å². The second kappa shape index (κ2) is 4.42. The van der Waals surface area contributed by atoms with Crippen LogP contribution in [0, 0.1) is 10.1 Å². The van der Waals surface area contributed by atoms with Gasteiger partial charge in [-0.25, -0.2) is 15.2 Å². The molecule has 1 amide bonds. The molecule has 1 aromatic rings. The quantitative estimate of drug-likeness (QED) is 0.410. The summed E-state index contributed by atoms with van der Waals surface area (Å²) in [4.78, 5) is 23.4. The molecule has 8 nitrogen and oxygen atoms in total. The number of hydrazine groups is 1. The number of halogens is 1. The Morgan fingerprint density at radius 1 is 1.67 bits per heavy atom. The lowest BCUT2D eigenvalue weighted by Crippen LogP contribution is -2.27. The van der Waals surface area contributed by atoms with Crippen molar-refractivity contribution in [2.45, 2.75) is 0 Å². The topological polar surface area (TPSA) is 117 Å². The number of anilines is 1. The van der Waals surface area contributed by atoms with E-state index in [4.69, 9.17) is 16.7 Å². The predicted molar refractivity (Wildman–Crippen MR) is 50.7 cm³/mol. The van der Waals surface area contributed by atoms with Gasteiger partial charge < -0.3 is 5.11 Å². The molecule has 0 aromatic carbocycles. The number of hydrogen-bond donors (Lipinski definition) is 3. The van der Waals surface area contributed by atoms with Crippen molar-refractivity contribution in [1.82, 2.24) is 10.4 Å². The van der Waals surface area contributed by atoms with Crippen molar-refractivity contribution in [1.29, 1.82) is 0 Å². The van der Waals surface area contributed by atoms with E-state index in [0.29, 0.717) is 0 Å². The van der Waals surface area contributed by atoms with Gasteiger partial charge in [0.1, 0.15) is 5.69 Å². The normalized spacial score (nSPS) is 9.40. The van der Waals surface area contributed by atoms with Gasteiger partial charge in [-0.15, -0.1) is 0 Å². The Morgan fingerprint density at radius 3 is 2.87 bits per heavy atom. The molecule has 0 aliphatic heterocycles. The number of amides is 1. The number of nitrogens with one attached hydrogen (secondary N) is 2. The third-order valence-corrected chi connectivity index (χ3v) is 1.64. The van der Waals surface area contributed by atoms with E-state index in [-0.39, 0.29) is 10.8 Å². The van der Waals surface area contributed by atoms with Crippen molar-refractivity contribution >= 4 is 29.1 Å². The molecule has 1 heterocycles. The smallest absolute Gasteiger partial charge is 0.423 e. The number of nitrogens with zero attached hydrogens (tertiary/aromatic N) is 2. The fourth-order valence-electron chi connectivity index (χ4n) is 0.824. The molecule has 0 saturated carbocycles. The fraction of sp³-hybridized carbons (Fsp3) is 0. The summed E-state index contributed by atoms with van der Waals surface area (Å²) in [5.74, 6) is 0. The van der Waals surface area contributed by atoms with Gasteiger partial charge in [-0.1, -0.05) is 11.6 Å². The number of hydrogen-bond acceptors (Lipinski definition) is 5. The molecule has 9 heteroatoms. The van der Waals surface area contributed by atoms with Crippen LogP contribution in [0.3, 0.4) is 0 Å². The summed E-state index contributed by atoms with van der Waals surface area (Å²) >= 11 is 5.47. The number of carbonyl (C=O) groups is 1. The van der Waals surface area contributed by atoms with Gasteiger partial charge in [-0.2, -0.15) is 0 Å². The summed E-state index contributed by atoms with van der Waals surface area (Å²) in [7, 11) is 0. The molecule has 3 N–H and O–H groups in total. The molecule has 0 aliphatic rings. The first-order valence-electron chi connectivity index (χ1n) is 3.56. The van der Waals surface area contributed by atoms with E-state index < -0.39 is 16.7 Å². The van der Waals surface area contributed by atoms with Crippen LogP contribution in [0.25, 0.3) is 0 Å². The van der Waals surface area contributed by atoms with E-state index in [1.165, 1.54) is 12.3 Å². The summed E-state index contributed by atoms with van der Waals surface area (Å²) in [6.07, 6.45) is -0.168. The van der Waals surface area contributed by atoms with Gasteiger partial charge in [0.15, 0.2) is 0 Å². The summed E-state index contributed by atoms with van der Waals surface area (Å²) < 4.78 is 0. The van der Waals surface area contributed by atoms with E-state index in [0.717, 1.165) is 0 Å². The molecule has 0 saturated heterocycles. The van der Waals surface area contributed by atoms with Crippen LogP contribution in [0.2, 0.25) is 5.15 Å². The van der Waals surface area contributed by atoms with Crippen LogP contribution in [0.5, 0.6) is 0 Å². The van der Waals surface area contributed by atoms with Crippen molar-refractivity contribution in [3.63, 3.8) is 0 Å². The van der Waals surface area contributed by atoms with Crippen LogP contribution in [0.1, 0.15) is 0 Å². The molecule has 1 aromatic heterocycles. The molecule has 80 valence electrons. The van der Waals surface area contributed by atoms with Gasteiger partial charge in [-0.05, 0) is 6.07 Å². The molecular formula is C6H5ClN4O4. The first-order chi connectivity index (χ1) is 7.02. The van der Waals surface area contributed by atoms with Crippen LogP contribution < -0.4 is 10.9 Å². The van der Waals surface area contributed by atoms with E-state index in [2.05, 4.69) is 10.4 Å². The second-order valence-electron chi connectivity index (χ2n) is 2.31. The summed E-state index contributed by atoms with van der Waals surface area (Å²) in [6, 6.07) is 1.22. The Labute approximate surface area is 88.0 Å². The molecule has 1 rings (SSSR count). The summed E-state index contributed by atoms with van der Waals surface area (Å²) in [5, 5.41) is 18.5. The second-order valence-corrected chi connectivity index (χ2v) is 2.67. The maximum absolute atomic E-state index is 10.6. The summed E-state index contributed by atoms with van der Waals surface area (Å²) in [6.45, 7) is 0. The molecular weight excluding hydrogens is 228 g/mol. The average molecular weight is 233 g/mol. The van der Waals surface area contributed by atoms with Crippen molar-refractivity contribution in [3.05, 3.63) is 27.5 Å². The molecule has 15 heavy (non-hydrogen) atoms. The van der Waals surface area contributed by atoms with Gasteiger partial charge >= 0.3 is 11.8 Å². The highest BCUT2D eigenvalue weighted by atomic mass is 35.5. The maximum atomic E-state index is 10.6. The van der Waals surface area contributed by atoms with Crippen LogP contribution in [-0.4, -0.2) is 21.1 Å². The molecule has 0 radical (unpaired) electrons. The highest BCUT2D eigenvalue weighted by Crippen LogP contribution is 2.29. The molecule has 0 spiro atoms. The molecule has 0 unspecified atom stereocenters. The van der Waals surface area contributed by atoms with Crippen molar-refractivity contribution in [3.8, 4) is 0 Å². The third kappa shape index (κ3) is 2.68. The largest absolute Gasteiger partial charge is 0.464 e. The maximum Gasteiger partial charge on any atom is 0.423 e. The Morgan fingerprint density at radius 2 is 2.33 bits per heavy atom. The zero-order valence-corrected chi connectivity index (χ0v) is 7.85. The Balaban J connectivity index is 3.01. The van der Waals surface area contributed by atoms with Crippen molar-refractivity contribution in [2.75, 3.05) is 5.43 Å². The summed E-state index contributed by atoms with van der Waals surface area (Å²) in [5.41, 5.74) is 3.31. The van der Waals surface area contributed by atoms with E-state index in [1.807, 2.05) is 0 Å². The Bertz CT molecular complexity index is 410. The highest BCUT2D eigenvalue weighted by molar-refractivity contribution is 6.32. The minimum absolute atomic E-state index is 0.0811. The SMILES string of the molecule is O=C(O)NNc1ccnc(Cl)c1[N+](=O)[O-]. The number of nitro groups is 1. The lowest BCUT2D eigenvalue weighted by molar-refractivity contribution is -0.384. The van der Waals surface area contributed by atoms with E-state index in [1.54, 1.807) is 5.43 Å². The van der Waals surface area contributed by atoms with Gasteiger partial charge in [0.05, 0.1) is 4.92 Å². The highest BCUT2D eigenvalue weighted by Gasteiger charge is 2.19. The molecule has 0 atom stereocenters.